The Kier molecular flexibility index (Phi) is 4.60. The van der Waals surface area contributed by atoms with Gasteiger partial charge in [-0.15, -0.1) is 0 Å². The lowest BCUT2D eigenvalue weighted by molar-refractivity contribution is -0.142. The van der Waals surface area contributed by atoms with E-state index >= 15 is 0 Å². The van der Waals surface area contributed by atoms with Gasteiger partial charge in [-0.2, -0.15) is 0 Å². The van der Waals surface area contributed by atoms with E-state index in [9.17, 15) is 4.79 Å². The molecule has 0 spiro atoms. The maximum absolute atomic E-state index is 12.8. The molecule has 0 aromatic carbocycles. The molecule has 0 atom stereocenters. The van der Waals surface area contributed by atoms with E-state index in [1.165, 1.54) is 12.8 Å². The second kappa shape index (κ2) is 6.01. The van der Waals surface area contributed by atoms with Gasteiger partial charge in [-0.05, 0) is 62.9 Å². The van der Waals surface area contributed by atoms with Crippen LogP contribution in [0.25, 0.3) is 0 Å². The number of rotatable bonds is 3. The highest BCUT2D eigenvalue weighted by atomic mass is 16.5. The molecule has 2 heteroatoms. The van der Waals surface area contributed by atoms with Gasteiger partial charge in [-0.25, -0.2) is 0 Å². The van der Waals surface area contributed by atoms with E-state index in [1.807, 2.05) is 0 Å². The average Bonchev–Trinajstić information content (AvgIpc) is 2.68. The van der Waals surface area contributed by atoms with Crippen molar-refractivity contribution in [3.63, 3.8) is 0 Å². The largest absolute Gasteiger partial charge is 0.370 e. The van der Waals surface area contributed by atoms with Crippen molar-refractivity contribution < 1.29 is 9.53 Å². The molecule has 102 valence electrons. The fourth-order valence-electron chi connectivity index (χ4n) is 3.27. The van der Waals surface area contributed by atoms with Crippen molar-refractivity contribution in [2.45, 2.75) is 70.3 Å². The van der Waals surface area contributed by atoms with Gasteiger partial charge in [0.1, 0.15) is 5.60 Å². The molecule has 1 fully saturated rings. The summed E-state index contributed by atoms with van der Waals surface area (Å²) in [5.41, 5.74) is 0.548. The Labute approximate surface area is 111 Å². The van der Waals surface area contributed by atoms with Crippen molar-refractivity contribution in [1.82, 2.24) is 0 Å². The fraction of sp³-hybridized carbons (Fsp3) is 0.812. The predicted octanol–water partition coefficient (Wildman–Crippen LogP) is 4.04. The van der Waals surface area contributed by atoms with E-state index in [4.69, 9.17) is 4.74 Å². The minimum absolute atomic E-state index is 0.291. The van der Waals surface area contributed by atoms with Crippen LogP contribution < -0.4 is 0 Å². The molecular weight excluding hydrogens is 224 g/mol. The Morgan fingerprint density at radius 3 is 2.67 bits per heavy atom. The molecule has 0 heterocycles. The van der Waals surface area contributed by atoms with E-state index in [2.05, 4.69) is 13.0 Å². The maximum atomic E-state index is 12.8. The molecule has 0 unspecified atom stereocenters. The molecule has 18 heavy (non-hydrogen) atoms. The average molecular weight is 250 g/mol. The van der Waals surface area contributed by atoms with E-state index in [0.29, 0.717) is 5.78 Å². The standard InChI is InChI=1S/C16H26O2/c1-13-9-11-16(18-2,12-10-13)15(17)14-7-5-3-4-6-8-14/h7,13H,3-6,8-12H2,1-2H3. The van der Waals surface area contributed by atoms with Crippen molar-refractivity contribution in [3.05, 3.63) is 11.6 Å². The van der Waals surface area contributed by atoms with E-state index in [1.54, 1.807) is 7.11 Å². The smallest absolute Gasteiger partial charge is 0.190 e. The lowest BCUT2D eigenvalue weighted by Gasteiger charge is -2.37. The molecule has 0 aliphatic heterocycles. The Balaban J connectivity index is 2.11. The number of allylic oxidation sites excluding steroid dienone is 1. The summed E-state index contributed by atoms with van der Waals surface area (Å²) in [7, 11) is 1.71. The van der Waals surface area contributed by atoms with Crippen molar-refractivity contribution in [2.75, 3.05) is 7.11 Å². The van der Waals surface area contributed by atoms with Gasteiger partial charge in [0.25, 0.3) is 0 Å². The van der Waals surface area contributed by atoms with E-state index < -0.39 is 5.60 Å². The van der Waals surface area contributed by atoms with Gasteiger partial charge in [0.15, 0.2) is 5.78 Å². The normalized spacial score (nSPS) is 33.7. The fourth-order valence-corrected chi connectivity index (χ4v) is 3.27. The van der Waals surface area contributed by atoms with E-state index in [0.717, 1.165) is 56.4 Å². The minimum atomic E-state index is -0.497. The highest BCUT2D eigenvalue weighted by Crippen LogP contribution is 2.37. The number of carbonyl (C=O) groups excluding carboxylic acids is 1. The second-order valence-electron chi connectivity index (χ2n) is 6.04. The Bertz CT molecular complexity index is 322. The lowest BCUT2D eigenvalue weighted by Crippen LogP contribution is -2.44. The summed E-state index contributed by atoms with van der Waals surface area (Å²) in [6, 6.07) is 0. The van der Waals surface area contributed by atoms with Crippen molar-refractivity contribution >= 4 is 5.78 Å². The third-order valence-corrected chi connectivity index (χ3v) is 4.72. The molecule has 2 aliphatic rings. The van der Waals surface area contributed by atoms with Gasteiger partial charge in [0.2, 0.25) is 0 Å². The van der Waals surface area contributed by atoms with Crippen LogP contribution in [-0.4, -0.2) is 18.5 Å². The summed E-state index contributed by atoms with van der Waals surface area (Å²) in [4.78, 5) is 12.8. The van der Waals surface area contributed by atoms with Crippen molar-refractivity contribution in [1.29, 1.82) is 0 Å². The molecule has 2 aliphatic carbocycles. The van der Waals surface area contributed by atoms with Gasteiger partial charge in [-0.3, -0.25) is 4.79 Å². The van der Waals surface area contributed by atoms with Crippen LogP contribution in [0.5, 0.6) is 0 Å². The Morgan fingerprint density at radius 1 is 1.28 bits per heavy atom. The monoisotopic (exact) mass is 250 g/mol. The zero-order valence-electron chi connectivity index (χ0n) is 11.8. The van der Waals surface area contributed by atoms with Gasteiger partial charge in [0.05, 0.1) is 0 Å². The molecule has 0 aromatic heterocycles. The first-order valence-electron chi connectivity index (χ1n) is 7.47. The van der Waals surface area contributed by atoms with Crippen molar-refractivity contribution in [3.8, 4) is 0 Å². The Morgan fingerprint density at radius 2 is 2.00 bits per heavy atom. The number of carbonyl (C=O) groups is 1. The van der Waals surface area contributed by atoms with Gasteiger partial charge >= 0.3 is 0 Å². The van der Waals surface area contributed by atoms with Crippen LogP contribution >= 0.6 is 0 Å². The number of methoxy groups -OCH3 is 1. The topological polar surface area (TPSA) is 26.3 Å². The lowest BCUT2D eigenvalue weighted by atomic mass is 9.75. The maximum Gasteiger partial charge on any atom is 0.190 e. The molecule has 0 aromatic rings. The molecule has 1 saturated carbocycles. The summed E-state index contributed by atoms with van der Waals surface area (Å²) in [5, 5.41) is 0. The van der Waals surface area contributed by atoms with Crippen LogP contribution in [0, 0.1) is 5.92 Å². The first kappa shape index (κ1) is 13.8. The third kappa shape index (κ3) is 2.85. The summed E-state index contributed by atoms with van der Waals surface area (Å²) >= 11 is 0. The van der Waals surface area contributed by atoms with Crippen LogP contribution in [0.2, 0.25) is 0 Å². The third-order valence-electron chi connectivity index (χ3n) is 4.72. The molecule has 0 radical (unpaired) electrons. The number of ketones is 1. The van der Waals surface area contributed by atoms with Gasteiger partial charge in [-0.1, -0.05) is 19.4 Å². The van der Waals surface area contributed by atoms with Crippen LogP contribution in [0.3, 0.4) is 0 Å². The summed E-state index contributed by atoms with van der Waals surface area (Å²) in [6.45, 7) is 2.27. The summed E-state index contributed by atoms with van der Waals surface area (Å²) in [5.74, 6) is 1.03. The number of Topliss-reactive ketones (excluding diaryl/α,β-unsaturated/α-hetero) is 1. The molecule has 2 nitrogen and oxygen atoms in total. The molecular formula is C16H26O2. The summed E-state index contributed by atoms with van der Waals surface area (Å²) < 4.78 is 5.69. The molecule has 0 bridgehead atoms. The highest BCUT2D eigenvalue weighted by molar-refractivity contribution is 6.02. The minimum Gasteiger partial charge on any atom is -0.370 e. The molecule has 0 N–H and O–H groups in total. The number of hydrogen-bond donors (Lipinski definition) is 0. The van der Waals surface area contributed by atoms with Crippen LogP contribution in [0.4, 0.5) is 0 Å². The summed E-state index contributed by atoms with van der Waals surface area (Å²) in [6.07, 6.45) is 11.9. The molecule has 0 saturated heterocycles. The highest BCUT2D eigenvalue weighted by Gasteiger charge is 2.42. The second-order valence-corrected chi connectivity index (χ2v) is 6.04. The molecule has 0 amide bonds. The van der Waals surface area contributed by atoms with Crippen molar-refractivity contribution in [2.24, 2.45) is 5.92 Å². The van der Waals surface area contributed by atoms with Crippen LogP contribution in [0.1, 0.15) is 64.7 Å². The first-order chi connectivity index (χ1) is 8.68. The number of hydrogen-bond acceptors (Lipinski definition) is 2. The number of ether oxygens (including phenoxy) is 1. The zero-order chi connectivity index (χ0) is 13.0. The van der Waals surface area contributed by atoms with Gasteiger partial charge < -0.3 is 4.74 Å². The Hall–Kier alpha value is -0.630. The van der Waals surface area contributed by atoms with Crippen LogP contribution in [-0.2, 0) is 9.53 Å². The zero-order valence-corrected chi connectivity index (χ0v) is 11.8. The quantitative estimate of drug-likeness (QED) is 0.755. The van der Waals surface area contributed by atoms with Gasteiger partial charge in [0, 0.05) is 7.11 Å². The SMILES string of the molecule is COC1(C(=O)C2=CCCCCC2)CCC(C)CC1. The predicted molar refractivity (Wildman–Crippen MR) is 73.5 cm³/mol. The molecule has 2 rings (SSSR count). The van der Waals surface area contributed by atoms with Crippen LogP contribution in [0.15, 0.2) is 11.6 Å². The van der Waals surface area contributed by atoms with E-state index in [-0.39, 0.29) is 0 Å². The first-order valence-corrected chi connectivity index (χ1v) is 7.47.